The average Bonchev–Trinajstić information content (AvgIpc) is 3.09. The van der Waals surface area contributed by atoms with Gasteiger partial charge in [-0.15, -0.1) is 0 Å². The van der Waals surface area contributed by atoms with E-state index in [9.17, 15) is 8.42 Å². The lowest BCUT2D eigenvalue weighted by Crippen LogP contribution is -2.43. The molecule has 0 spiro atoms. The molecule has 0 bridgehead atoms. The molecule has 22 heavy (non-hydrogen) atoms. The molecular weight excluding hydrogens is 298 g/mol. The standard InChI is InChI=1S/C16H21N3O2S/c17-12-13-3-5-15(6-4-13)22(20,21)19-10-7-14(8-11-19)16-2-1-9-18-16/h3-6,14,16,18H,1-2,7-11H2. The second kappa shape index (κ2) is 6.37. The zero-order valence-corrected chi connectivity index (χ0v) is 13.3. The first-order valence-electron chi connectivity index (χ1n) is 7.85. The first-order chi connectivity index (χ1) is 10.6. The Labute approximate surface area is 132 Å². The highest BCUT2D eigenvalue weighted by atomic mass is 32.2. The van der Waals surface area contributed by atoms with Crippen LogP contribution in [0.5, 0.6) is 0 Å². The van der Waals surface area contributed by atoms with E-state index in [1.165, 1.54) is 25.0 Å². The number of benzene rings is 1. The van der Waals surface area contributed by atoms with E-state index < -0.39 is 10.0 Å². The summed E-state index contributed by atoms with van der Waals surface area (Å²) >= 11 is 0. The number of rotatable bonds is 3. The summed E-state index contributed by atoms with van der Waals surface area (Å²) in [6.45, 7) is 2.27. The number of hydrogen-bond acceptors (Lipinski definition) is 4. The third-order valence-electron chi connectivity index (χ3n) is 4.79. The summed E-state index contributed by atoms with van der Waals surface area (Å²) in [5.74, 6) is 0.593. The van der Waals surface area contributed by atoms with Crippen molar-refractivity contribution in [3.63, 3.8) is 0 Å². The molecule has 0 aliphatic carbocycles. The van der Waals surface area contributed by atoms with E-state index in [0.29, 0.717) is 30.6 Å². The molecule has 2 aliphatic rings. The number of sulfonamides is 1. The fourth-order valence-corrected chi connectivity index (χ4v) is 4.95. The summed E-state index contributed by atoms with van der Waals surface area (Å²) in [6, 6.07) is 8.74. The number of hydrogen-bond donors (Lipinski definition) is 1. The van der Waals surface area contributed by atoms with Crippen LogP contribution in [0.2, 0.25) is 0 Å². The molecule has 1 atom stereocenters. The van der Waals surface area contributed by atoms with Gasteiger partial charge >= 0.3 is 0 Å². The number of piperidine rings is 1. The van der Waals surface area contributed by atoms with Crippen LogP contribution in [0.4, 0.5) is 0 Å². The van der Waals surface area contributed by atoms with Crippen LogP contribution in [0.15, 0.2) is 29.2 Å². The molecule has 0 amide bonds. The molecule has 0 aromatic heterocycles. The van der Waals surface area contributed by atoms with Gasteiger partial charge in [0.05, 0.1) is 16.5 Å². The van der Waals surface area contributed by atoms with Crippen molar-refractivity contribution in [1.82, 2.24) is 9.62 Å². The Morgan fingerprint density at radius 3 is 2.36 bits per heavy atom. The van der Waals surface area contributed by atoms with Crippen molar-refractivity contribution < 1.29 is 8.42 Å². The zero-order valence-electron chi connectivity index (χ0n) is 12.5. The molecule has 0 saturated carbocycles. The van der Waals surface area contributed by atoms with Gasteiger partial charge in [0.2, 0.25) is 10.0 Å². The molecule has 2 saturated heterocycles. The third kappa shape index (κ3) is 3.02. The smallest absolute Gasteiger partial charge is 0.243 e. The Bertz CT molecular complexity index is 650. The second-order valence-corrected chi connectivity index (χ2v) is 8.02. The summed E-state index contributed by atoms with van der Waals surface area (Å²) in [7, 11) is -3.43. The predicted octanol–water partition coefficient (Wildman–Crippen LogP) is 1.71. The summed E-state index contributed by atoms with van der Waals surface area (Å²) in [5.41, 5.74) is 0.477. The van der Waals surface area contributed by atoms with E-state index in [-0.39, 0.29) is 4.90 Å². The fraction of sp³-hybridized carbons (Fsp3) is 0.562. The van der Waals surface area contributed by atoms with Crippen LogP contribution in [0.25, 0.3) is 0 Å². The number of nitrogens with zero attached hydrogens (tertiary/aromatic N) is 2. The maximum Gasteiger partial charge on any atom is 0.243 e. The molecule has 1 aromatic rings. The Kier molecular flexibility index (Phi) is 4.48. The lowest BCUT2D eigenvalue weighted by atomic mass is 9.89. The van der Waals surface area contributed by atoms with Gasteiger partial charge in [0.1, 0.15) is 0 Å². The molecule has 0 radical (unpaired) electrons. The van der Waals surface area contributed by atoms with E-state index >= 15 is 0 Å². The van der Waals surface area contributed by atoms with E-state index in [4.69, 9.17) is 5.26 Å². The van der Waals surface area contributed by atoms with Gasteiger partial charge in [-0.1, -0.05) is 0 Å². The minimum atomic E-state index is -3.43. The van der Waals surface area contributed by atoms with Crippen LogP contribution in [0.3, 0.4) is 0 Å². The monoisotopic (exact) mass is 319 g/mol. The van der Waals surface area contributed by atoms with E-state index in [2.05, 4.69) is 5.32 Å². The maximum atomic E-state index is 12.6. The SMILES string of the molecule is N#Cc1ccc(S(=O)(=O)N2CCC(C3CCCN3)CC2)cc1. The highest BCUT2D eigenvalue weighted by molar-refractivity contribution is 7.89. The van der Waals surface area contributed by atoms with E-state index in [1.807, 2.05) is 6.07 Å². The quantitative estimate of drug-likeness (QED) is 0.920. The van der Waals surface area contributed by atoms with E-state index in [0.717, 1.165) is 19.4 Å². The van der Waals surface area contributed by atoms with Crippen LogP contribution >= 0.6 is 0 Å². The summed E-state index contributed by atoms with van der Waals surface area (Å²) in [6.07, 6.45) is 4.29. The molecule has 6 heteroatoms. The van der Waals surface area contributed by atoms with Gasteiger partial charge in [-0.05, 0) is 62.4 Å². The molecule has 2 fully saturated rings. The Hall–Kier alpha value is -1.42. The molecule has 2 aliphatic heterocycles. The van der Waals surface area contributed by atoms with Crippen LogP contribution in [0.1, 0.15) is 31.2 Å². The molecule has 3 rings (SSSR count). The van der Waals surface area contributed by atoms with E-state index in [1.54, 1.807) is 16.4 Å². The predicted molar refractivity (Wildman–Crippen MR) is 83.7 cm³/mol. The van der Waals surface area contributed by atoms with Gasteiger partial charge in [0.25, 0.3) is 0 Å². The first kappa shape index (κ1) is 15.5. The molecule has 5 nitrogen and oxygen atoms in total. The summed E-state index contributed by atoms with van der Waals surface area (Å²) in [4.78, 5) is 0.281. The molecular formula is C16H21N3O2S. The van der Waals surface area contributed by atoms with Gasteiger partial charge in [-0.3, -0.25) is 0 Å². The van der Waals surface area contributed by atoms with Gasteiger partial charge in [-0.25, -0.2) is 8.42 Å². The Balaban J connectivity index is 1.67. The van der Waals surface area contributed by atoms with Crippen LogP contribution in [0, 0.1) is 17.2 Å². The number of nitriles is 1. The Morgan fingerprint density at radius 1 is 1.14 bits per heavy atom. The maximum absolute atomic E-state index is 12.6. The Morgan fingerprint density at radius 2 is 1.82 bits per heavy atom. The van der Waals surface area contributed by atoms with Crippen molar-refractivity contribution in [2.45, 2.75) is 36.6 Å². The average molecular weight is 319 g/mol. The van der Waals surface area contributed by atoms with Crippen LogP contribution in [-0.2, 0) is 10.0 Å². The topological polar surface area (TPSA) is 73.2 Å². The molecule has 1 aromatic carbocycles. The van der Waals surface area contributed by atoms with Crippen molar-refractivity contribution in [3.8, 4) is 6.07 Å². The third-order valence-corrected chi connectivity index (χ3v) is 6.70. The van der Waals surface area contributed by atoms with Crippen LogP contribution < -0.4 is 5.32 Å². The van der Waals surface area contributed by atoms with Crippen molar-refractivity contribution in [3.05, 3.63) is 29.8 Å². The van der Waals surface area contributed by atoms with Crippen molar-refractivity contribution in [2.75, 3.05) is 19.6 Å². The van der Waals surface area contributed by atoms with Gasteiger partial charge in [0, 0.05) is 19.1 Å². The molecule has 1 unspecified atom stereocenters. The molecule has 2 heterocycles. The van der Waals surface area contributed by atoms with Gasteiger partial charge in [0.15, 0.2) is 0 Å². The fourth-order valence-electron chi connectivity index (χ4n) is 3.48. The summed E-state index contributed by atoms with van der Waals surface area (Å²) in [5, 5.41) is 12.3. The highest BCUT2D eigenvalue weighted by Gasteiger charge is 2.33. The lowest BCUT2D eigenvalue weighted by Gasteiger charge is -2.34. The summed E-state index contributed by atoms with van der Waals surface area (Å²) < 4.78 is 26.9. The minimum absolute atomic E-state index is 0.281. The minimum Gasteiger partial charge on any atom is -0.314 e. The largest absolute Gasteiger partial charge is 0.314 e. The first-order valence-corrected chi connectivity index (χ1v) is 9.29. The van der Waals surface area contributed by atoms with Crippen molar-refractivity contribution >= 4 is 10.0 Å². The number of nitrogens with one attached hydrogen (secondary N) is 1. The van der Waals surface area contributed by atoms with Gasteiger partial charge < -0.3 is 5.32 Å². The molecule has 1 N–H and O–H groups in total. The van der Waals surface area contributed by atoms with Crippen LogP contribution in [-0.4, -0.2) is 38.4 Å². The van der Waals surface area contributed by atoms with Crippen molar-refractivity contribution in [2.24, 2.45) is 5.92 Å². The lowest BCUT2D eigenvalue weighted by molar-refractivity contribution is 0.234. The zero-order chi connectivity index (χ0) is 15.6. The van der Waals surface area contributed by atoms with Crippen molar-refractivity contribution in [1.29, 1.82) is 5.26 Å². The highest BCUT2D eigenvalue weighted by Crippen LogP contribution is 2.28. The normalized spacial score (nSPS) is 24.2. The van der Waals surface area contributed by atoms with Gasteiger partial charge in [-0.2, -0.15) is 9.57 Å². The second-order valence-electron chi connectivity index (χ2n) is 6.08. The molecule has 118 valence electrons.